The van der Waals surface area contributed by atoms with Gasteiger partial charge in [-0.1, -0.05) is 13.8 Å². The number of aromatic nitrogens is 3. The van der Waals surface area contributed by atoms with E-state index in [4.69, 9.17) is 0 Å². The van der Waals surface area contributed by atoms with E-state index >= 15 is 0 Å². The molecule has 12 heavy (non-hydrogen) atoms. The molecule has 2 rings (SSSR count). The Bertz CT molecular complexity index is 264. The Hall–Kier alpha value is -0.860. The number of hydrogen-bond donors (Lipinski definition) is 1. The Morgan fingerprint density at radius 3 is 3.00 bits per heavy atom. The normalized spacial score (nSPS) is 22.8. The van der Waals surface area contributed by atoms with E-state index in [1.807, 2.05) is 0 Å². The zero-order chi connectivity index (χ0) is 8.55. The average Bonchev–Trinajstić information content (AvgIpc) is 2.49. The first kappa shape index (κ1) is 7.77. The average molecular weight is 165 g/mol. The van der Waals surface area contributed by atoms with Crippen molar-refractivity contribution >= 4 is 0 Å². The second-order valence-electron chi connectivity index (χ2n) is 3.90. The highest BCUT2D eigenvalue weighted by molar-refractivity contribution is 5.17. The molecule has 3 heteroatoms. The molecule has 1 heterocycles. The van der Waals surface area contributed by atoms with Gasteiger partial charge >= 0.3 is 0 Å². The predicted molar refractivity (Wildman–Crippen MR) is 46.9 cm³/mol. The minimum Gasteiger partial charge on any atom is -0.197 e. The molecular weight excluding hydrogens is 150 g/mol. The first-order chi connectivity index (χ1) is 5.79. The van der Waals surface area contributed by atoms with E-state index in [1.54, 1.807) is 0 Å². The Balaban J connectivity index is 2.31. The van der Waals surface area contributed by atoms with E-state index in [0.717, 1.165) is 6.42 Å². The van der Waals surface area contributed by atoms with Gasteiger partial charge in [-0.25, -0.2) is 0 Å². The highest BCUT2D eigenvalue weighted by Crippen LogP contribution is 2.33. The zero-order valence-corrected chi connectivity index (χ0v) is 7.67. The van der Waals surface area contributed by atoms with Crippen LogP contribution in [0.25, 0.3) is 0 Å². The molecule has 1 N–H and O–H groups in total. The van der Waals surface area contributed by atoms with Crippen molar-refractivity contribution in [2.45, 2.75) is 39.0 Å². The van der Waals surface area contributed by atoms with E-state index in [-0.39, 0.29) is 0 Å². The molecule has 1 aliphatic rings. The van der Waals surface area contributed by atoms with E-state index in [9.17, 15) is 0 Å². The maximum absolute atomic E-state index is 4.22. The lowest BCUT2D eigenvalue weighted by atomic mass is 9.82. The van der Waals surface area contributed by atoms with Gasteiger partial charge in [-0.15, -0.1) is 0 Å². The van der Waals surface area contributed by atoms with Crippen LogP contribution in [0.4, 0.5) is 0 Å². The van der Waals surface area contributed by atoms with Crippen molar-refractivity contribution < 1.29 is 0 Å². The predicted octanol–water partition coefficient (Wildman–Crippen LogP) is 1.88. The third-order valence-electron chi connectivity index (χ3n) is 2.74. The van der Waals surface area contributed by atoms with Gasteiger partial charge in [0.05, 0.1) is 11.4 Å². The standard InChI is InChI=1S/C9H15N3/c1-6(2)7-4-3-5-8-9(7)11-12-10-8/h6-7H,3-5H2,1-2H3,(H,10,11,12). The van der Waals surface area contributed by atoms with Crippen LogP contribution in [0.1, 0.15) is 44.0 Å². The number of aryl methyl sites for hydroxylation is 1. The number of fused-ring (bicyclic) bond motifs is 1. The lowest BCUT2D eigenvalue weighted by Gasteiger charge is -2.22. The number of nitrogens with zero attached hydrogens (tertiary/aromatic N) is 2. The fraction of sp³-hybridized carbons (Fsp3) is 0.778. The summed E-state index contributed by atoms with van der Waals surface area (Å²) in [4.78, 5) is 0. The molecule has 66 valence electrons. The van der Waals surface area contributed by atoms with Crippen LogP contribution in [0.5, 0.6) is 0 Å². The largest absolute Gasteiger partial charge is 0.197 e. The van der Waals surface area contributed by atoms with Crippen molar-refractivity contribution in [2.24, 2.45) is 5.92 Å². The van der Waals surface area contributed by atoms with Gasteiger partial charge < -0.3 is 0 Å². The van der Waals surface area contributed by atoms with Crippen LogP contribution in [0.3, 0.4) is 0 Å². The van der Waals surface area contributed by atoms with Crippen LogP contribution in [-0.2, 0) is 6.42 Å². The van der Waals surface area contributed by atoms with Crippen molar-refractivity contribution in [1.82, 2.24) is 15.4 Å². The van der Waals surface area contributed by atoms with E-state index in [2.05, 4.69) is 29.3 Å². The van der Waals surface area contributed by atoms with E-state index in [1.165, 1.54) is 24.2 Å². The summed E-state index contributed by atoms with van der Waals surface area (Å²) in [5, 5.41) is 11.1. The molecule has 0 amide bonds. The Labute approximate surface area is 72.6 Å². The summed E-state index contributed by atoms with van der Waals surface area (Å²) in [7, 11) is 0. The number of hydrogen-bond acceptors (Lipinski definition) is 2. The van der Waals surface area contributed by atoms with Gasteiger partial charge in [-0.2, -0.15) is 15.4 Å². The molecule has 0 aromatic carbocycles. The molecule has 0 fully saturated rings. The minimum absolute atomic E-state index is 0.632. The monoisotopic (exact) mass is 165 g/mol. The summed E-state index contributed by atoms with van der Waals surface area (Å²) in [6.07, 6.45) is 3.65. The first-order valence-corrected chi connectivity index (χ1v) is 4.68. The van der Waals surface area contributed by atoms with Crippen molar-refractivity contribution in [1.29, 1.82) is 0 Å². The Kier molecular flexibility index (Phi) is 1.87. The fourth-order valence-corrected chi connectivity index (χ4v) is 2.02. The number of rotatable bonds is 1. The lowest BCUT2D eigenvalue weighted by molar-refractivity contribution is 0.423. The van der Waals surface area contributed by atoms with Crippen molar-refractivity contribution in [2.75, 3.05) is 0 Å². The molecule has 1 aliphatic carbocycles. The third-order valence-corrected chi connectivity index (χ3v) is 2.74. The van der Waals surface area contributed by atoms with Crippen LogP contribution < -0.4 is 0 Å². The smallest absolute Gasteiger partial charge is 0.0890 e. The molecule has 0 radical (unpaired) electrons. The minimum atomic E-state index is 0.632. The summed E-state index contributed by atoms with van der Waals surface area (Å²) < 4.78 is 0. The van der Waals surface area contributed by atoms with Crippen LogP contribution in [-0.4, -0.2) is 15.4 Å². The highest BCUT2D eigenvalue weighted by Gasteiger charge is 2.25. The van der Waals surface area contributed by atoms with Crippen LogP contribution in [0.2, 0.25) is 0 Å². The summed E-state index contributed by atoms with van der Waals surface area (Å²) >= 11 is 0. The summed E-state index contributed by atoms with van der Waals surface area (Å²) in [5.41, 5.74) is 2.41. The molecule has 1 atom stereocenters. The molecule has 3 nitrogen and oxygen atoms in total. The molecule has 0 aliphatic heterocycles. The fourth-order valence-electron chi connectivity index (χ4n) is 2.02. The molecule has 0 bridgehead atoms. The van der Waals surface area contributed by atoms with Gasteiger partial charge in [0.1, 0.15) is 0 Å². The van der Waals surface area contributed by atoms with Crippen molar-refractivity contribution in [3.8, 4) is 0 Å². The zero-order valence-electron chi connectivity index (χ0n) is 7.67. The SMILES string of the molecule is CC(C)C1CCCc2n[nH]nc21. The second kappa shape index (κ2) is 2.88. The number of nitrogens with one attached hydrogen (secondary N) is 1. The Morgan fingerprint density at radius 2 is 2.25 bits per heavy atom. The van der Waals surface area contributed by atoms with Crippen LogP contribution >= 0.6 is 0 Å². The summed E-state index contributed by atoms with van der Waals surface area (Å²) in [5.74, 6) is 1.32. The van der Waals surface area contributed by atoms with Crippen molar-refractivity contribution in [3.05, 3.63) is 11.4 Å². The number of aromatic amines is 1. The first-order valence-electron chi connectivity index (χ1n) is 4.68. The summed E-state index contributed by atoms with van der Waals surface area (Å²) in [6.45, 7) is 4.52. The molecule has 1 unspecified atom stereocenters. The van der Waals surface area contributed by atoms with Gasteiger partial charge in [-0.3, -0.25) is 0 Å². The quantitative estimate of drug-likeness (QED) is 0.690. The van der Waals surface area contributed by atoms with Gasteiger partial charge in [-0.05, 0) is 25.2 Å². The molecule has 1 aromatic heterocycles. The summed E-state index contributed by atoms with van der Waals surface area (Å²) in [6, 6.07) is 0. The molecule has 0 spiro atoms. The molecule has 0 saturated carbocycles. The van der Waals surface area contributed by atoms with E-state index in [0.29, 0.717) is 11.8 Å². The maximum Gasteiger partial charge on any atom is 0.0890 e. The lowest BCUT2D eigenvalue weighted by Crippen LogP contribution is -2.14. The topological polar surface area (TPSA) is 41.6 Å². The Morgan fingerprint density at radius 1 is 1.42 bits per heavy atom. The highest BCUT2D eigenvalue weighted by atomic mass is 15.3. The third kappa shape index (κ3) is 1.13. The van der Waals surface area contributed by atoms with Gasteiger partial charge in [0.15, 0.2) is 0 Å². The maximum atomic E-state index is 4.22. The second-order valence-corrected chi connectivity index (χ2v) is 3.90. The van der Waals surface area contributed by atoms with Crippen LogP contribution in [0.15, 0.2) is 0 Å². The van der Waals surface area contributed by atoms with E-state index < -0.39 is 0 Å². The molecule has 0 saturated heterocycles. The van der Waals surface area contributed by atoms with Gasteiger partial charge in [0.2, 0.25) is 0 Å². The molecular formula is C9H15N3. The van der Waals surface area contributed by atoms with Gasteiger partial charge in [0, 0.05) is 5.92 Å². The molecule has 1 aromatic rings. The number of H-pyrrole nitrogens is 1. The van der Waals surface area contributed by atoms with Crippen LogP contribution in [0, 0.1) is 5.92 Å². The van der Waals surface area contributed by atoms with Crippen molar-refractivity contribution in [3.63, 3.8) is 0 Å². The van der Waals surface area contributed by atoms with Gasteiger partial charge in [0.25, 0.3) is 0 Å².